The van der Waals surface area contributed by atoms with Crippen LogP contribution >= 0.6 is 0 Å². The number of amides is 3. The molecule has 1 aromatic rings. The summed E-state index contributed by atoms with van der Waals surface area (Å²) in [6, 6.07) is 4.70. The number of benzene rings is 1. The van der Waals surface area contributed by atoms with Crippen LogP contribution in [0.4, 0.5) is 5.69 Å². The van der Waals surface area contributed by atoms with Gasteiger partial charge in [0, 0.05) is 5.69 Å². The molecule has 5 atom stereocenters. The van der Waals surface area contributed by atoms with Gasteiger partial charge in [0.15, 0.2) is 6.61 Å². The van der Waals surface area contributed by atoms with E-state index in [2.05, 4.69) is 5.32 Å². The molecule has 2 bridgehead atoms. The second kappa shape index (κ2) is 8.09. The standard InChI is InChI=1S/C24H30N2O5/c1-12(2)21(26-22(28)19-15-7-8-16(10-15)20(19)23(26)29)24(30)31-11-18(27)25-17-9-13(3)5-6-14(17)4/h5-6,9,12,15-16,19-21H,7-8,10-11H2,1-4H3,(H,25,27)/t15-,16-,19-,20+,21-/m1/s1. The lowest BCUT2D eigenvalue weighted by Gasteiger charge is -2.28. The molecule has 2 aliphatic carbocycles. The zero-order valence-electron chi connectivity index (χ0n) is 18.5. The number of ether oxygens (including phenoxy) is 1. The van der Waals surface area contributed by atoms with Gasteiger partial charge in [-0.3, -0.25) is 19.3 Å². The number of hydrogen-bond acceptors (Lipinski definition) is 5. The molecule has 31 heavy (non-hydrogen) atoms. The van der Waals surface area contributed by atoms with Crippen molar-refractivity contribution < 1.29 is 23.9 Å². The van der Waals surface area contributed by atoms with Gasteiger partial charge in [0.25, 0.3) is 5.91 Å². The summed E-state index contributed by atoms with van der Waals surface area (Å²) in [5.41, 5.74) is 2.57. The van der Waals surface area contributed by atoms with E-state index in [1.54, 1.807) is 13.8 Å². The van der Waals surface area contributed by atoms with Crippen molar-refractivity contribution in [3.05, 3.63) is 29.3 Å². The lowest BCUT2D eigenvalue weighted by Crippen LogP contribution is -2.50. The number of esters is 1. The second-order valence-corrected chi connectivity index (χ2v) is 9.59. The van der Waals surface area contributed by atoms with Crippen LogP contribution < -0.4 is 5.32 Å². The molecule has 0 spiro atoms. The maximum Gasteiger partial charge on any atom is 0.330 e. The minimum Gasteiger partial charge on any atom is -0.454 e. The molecule has 0 aromatic heterocycles. The van der Waals surface area contributed by atoms with Crippen molar-refractivity contribution in [3.8, 4) is 0 Å². The minimum atomic E-state index is -1.00. The SMILES string of the molecule is Cc1ccc(C)c(NC(=O)COC(=O)[C@@H](C(C)C)N2C(=O)[C@@H]3[C@@H]4CC[C@H](C4)[C@@H]3C2=O)c1. The number of anilines is 1. The molecule has 1 heterocycles. The van der Waals surface area contributed by atoms with Crippen LogP contribution in [0.25, 0.3) is 0 Å². The van der Waals surface area contributed by atoms with E-state index in [1.807, 2.05) is 32.0 Å². The number of imide groups is 1. The van der Waals surface area contributed by atoms with Crippen LogP contribution in [0.2, 0.25) is 0 Å². The molecule has 2 saturated carbocycles. The summed E-state index contributed by atoms with van der Waals surface area (Å²) in [7, 11) is 0. The first-order valence-electron chi connectivity index (χ1n) is 11.1. The Bertz CT molecular complexity index is 912. The Morgan fingerprint density at radius 3 is 2.29 bits per heavy atom. The lowest BCUT2D eigenvalue weighted by atomic mass is 9.81. The minimum absolute atomic E-state index is 0.238. The molecule has 0 radical (unpaired) electrons. The van der Waals surface area contributed by atoms with Crippen LogP contribution in [-0.4, -0.2) is 41.2 Å². The Labute approximate surface area is 182 Å². The van der Waals surface area contributed by atoms with Gasteiger partial charge >= 0.3 is 5.97 Å². The summed E-state index contributed by atoms with van der Waals surface area (Å²) in [5, 5.41) is 2.75. The van der Waals surface area contributed by atoms with E-state index >= 15 is 0 Å². The van der Waals surface area contributed by atoms with Gasteiger partial charge in [-0.25, -0.2) is 4.79 Å². The molecule has 1 N–H and O–H groups in total. The third-order valence-electron chi connectivity index (χ3n) is 7.13. The highest BCUT2D eigenvalue weighted by Gasteiger charge is 2.62. The monoisotopic (exact) mass is 426 g/mol. The molecule has 7 nitrogen and oxygen atoms in total. The first-order chi connectivity index (χ1) is 14.7. The predicted molar refractivity (Wildman–Crippen MR) is 114 cm³/mol. The fraction of sp³-hybridized carbons (Fsp3) is 0.583. The topological polar surface area (TPSA) is 92.8 Å². The van der Waals surface area contributed by atoms with Crippen molar-refractivity contribution in [2.45, 2.75) is 53.0 Å². The number of fused-ring (bicyclic) bond motifs is 5. The number of nitrogens with one attached hydrogen (secondary N) is 1. The van der Waals surface area contributed by atoms with Crippen LogP contribution in [0.5, 0.6) is 0 Å². The summed E-state index contributed by atoms with van der Waals surface area (Å²) >= 11 is 0. The Hall–Kier alpha value is -2.70. The van der Waals surface area contributed by atoms with Crippen molar-refractivity contribution in [2.75, 3.05) is 11.9 Å². The molecule has 7 heteroatoms. The molecule has 1 aromatic carbocycles. The molecule has 0 unspecified atom stereocenters. The van der Waals surface area contributed by atoms with Crippen molar-refractivity contribution in [2.24, 2.45) is 29.6 Å². The fourth-order valence-corrected chi connectivity index (χ4v) is 5.66. The number of likely N-dealkylation sites (tertiary alicyclic amines) is 1. The number of hydrogen-bond donors (Lipinski definition) is 1. The zero-order valence-corrected chi connectivity index (χ0v) is 18.5. The summed E-state index contributed by atoms with van der Waals surface area (Å²) in [6.45, 7) is 6.90. The van der Waals surface area contributed by atoms with Crippen LogP contribution in [-0.2, 0) is 23.9 Å². The number of aryl methyl sites for hydroxylation is 2. The van der Waals surface area contributed by atoms with Crippen molar-refractivity contribution in [3.63, 3.8) is 0 Å². The van der Waals surface area contributed by atoms with Gasteiger partial charge in [0.1, 0.15) is 6.04 Å². The van der Waals surface area contributed by atoms with E-state index in [9.17, 15) is 19.2 Å². The number of carbonyl (C=O) groups excluding carboxylic acids is 4. The van der Waals surface area contributed by atoms with E-state index in [4.69, 9.17) is 4.74 Å². The van der Waals surface area contributed by atoms with Gasteiger partial charge in [-0.1, -0.05) is 26.0 Å². The van der Waals surface area contributed by atoms with Crippen LogP contribution in [0.1, 0.15) is 44.2 Å². The summed E-state index contributed by atoms with van der Waals surface area (Å²) in [4.78, 5) is 52.6. The average Bonchev–Trinajstić information content (AvgIpc) is 3.39. The van der Waals surface area contributed by atoms with Gasteiger partial charge in [-0.2, -0.15) is 0 Å². The first-order valence-corrected chi connectivity index (χ1v) is 11.1. The van der Waals surface area contributed by atoms with Gasteiger partial charge in [0.05, 0.1) is 11.8 Å². The highest BCUT2D eigenvalue weighted by atomic mass is 16.5. The van der Waals surface area contributed by atoms with Crippen molar-refractivity contribution >= 4 is 29.4 Å². The van der Waals surface area contributed by atoms with Crippen LogP contribution in [0.3, 0.4) is 0 Å². The number of nitrogens with zero attached hydrogens (tertiary/aromatic N) is 1. The smallest absolute Gasteiger partial charge is 0.330 e. The number of carbonyl (C=O) groups is 4. The first kappa shape index (κ1) is 21.5. The average molecular weight is 427 g/mol. The van der Waals surface area contributed by atoms with E-state index in [-0.39, 0.29) is 41.4 Å². The Kier molecular flexibility index (Phi) is 5.62. The Balaban J connectivity index is 1.42. The Morgan fingerprint density at radius 1 is 1.10 bits per heavy atom. The van der Waals surface area contributed by atoms with E-state index in [0.29, 0.717) is 5.69 Å². The largest absolute Gasteiger partial charge is 0.454 e. The second-order valence-electron chi connectivity index (χ2n) is 9.59. The van der Waals surface area contributed by atoms with Crippen LogP contribution in [0.15, 0.2) is 18.2 Å². The molecule has 1 saturated heterocycles. The highest BCUT2D eigenvalue weighted by molar-refractivity contribution is 6.08. The fourth-order valence-electron chi connectivity index (χ4n) is 5.66. The normalized spacial score (nSPS) is 27.6. The Morgan fingerprint density at radius 2 is 1.71 bits per heavy atom. The summed E-state index contributed by atoms with van der Waals surface area (Å²) in [6.07, 6.45) is 2.90. The van der Waals surface area contributed by atoms with E-state index < -0.39 is 24.5 Å². The summed E-state index contributed by atoms with van der Waals surface area (Å²) < 4.78 is 5.27. The molecular weight excluding hydrogens is 396 g/mol. The van der Waals surface area contributed by atoms with Gasteiger partial charge in [-0.05, 0) is 68.1 Å². The number of rotatable bonds is 6. The van der Waals surface area contributed by atoms with Gasteiger partial charge in [-0.15, -0.1) is 0 Å². The lowest BCUT2D eigenvalue weighted by molar-refractivity contribution is -0.162. The molecular formula is C24H30N2O5. The molecule has 166 valence electrons. The molecule has 3 amide bonds. The van der Waals surface area contributed by atoms with Gasteiger partial charge < -0.3 is 10.1 Å². The maximum atomic E-state index is 13.1. The van der Waals surface area contributed by atoms with E-state index in [0.717, 1.165) is 35.3 Å². The van der Waals surface area contributed by atoms with Gasteiger partial charge in [0.2, 0.25) is 11.8 Å². The molecule has 1 aliphatic heterocycles. The maximum absolute atomic E-state index is 13.1. The van der Waals surface area contributed by atoms with Crippen LogP contribution in [0, 0.1) is 43.4 Å². The third kappa shape index (κ3) is 3.75. The quantitative estimate of drug-likeness (QED) is 0.558. The molecule has 4 rings (SSSR count). The third-order valence-corrected chi connectivity index (χ3v) is 7.13. The van der Waals surface area contributed by atoms with E-state index in [1.165, 1.54) is 0 Å². The highest BCUT2D eigenvalue weighted by Crippen LogP contribution is 2.56. The molecule has 3 aliphatic rings. The molecule has 3 fully saturated rings. The summed E-state index contributed by atoms with van der Waals surface area (Å²) in [5.74, 6) is -2.01. The predicted octanol–water partition coefficient (Wildman–Crippen LogP) is 2.84. The zero-order chi connectivity index (χ0) is 22.4. The van der Waals surface area contributed by atoms with Crippen molar-refractivity contribution in [1.82, 2.24) is 4.90 Å². The van der Waals surface area contributed by atoms with Crippen molar-refractivity contribution in [1.29, 1.82) is 0 Å².